The van der Waals surface area contributed by atoms with E-state index in [-0.39, 0.29) is 12.2 Å². The summed E-state index contributed by atoms with van der Waals surface area (Å²) in [5.41, 5.74) is 1.04. The predicted molar refractivity (Wildman–Crippen MR) is 75.5 cm³/mol. The Kier molecular flexibility index (Phi) is 5.82. The van der Waals surface area contributed by atoms with Crippen molar-refractivity contribution in [1.29, 1.82) is 0 Å². The lowest BCUT2D eigenvalue weighted by atomic mass is 10.2. The molecule has 1 N–H and O–H groups in total. The maximum atomic E-state index is 11.8. The van der Waals surface area contributed by atoms with E-state index < -0.39 is 0 Å². The normalized spacial score (nSPS) is 19.3. The number of aryl methyl sites for hydroxylation is 1. The van der Waals surface area contributed by atoms with Crippen molar-refractivity contribution < 1.29 is 14.3 Å². The van der Waals surface area contributed by atoms with Gasteiger partial charge in [0.15, 0.2) is 6.29 Å². The maximum absolute atomic E-state index is 11.8. The third-order valence-corrected chi connectivity index (χ3v) is 4.13. The van der Waals surface area contributed by atoms with Crippen LogP contribution in [0.1, 0.15) is 40.9 Å². The molecule has 1 amide bonds. The molecule has 106 valence electrons. The zero-order valence-electron chi connectivity index (χ0n) is 11.3. The number of carbonyl (C=O) groups excluding carboxylic acids is 1. The second-order valence-electron chi connectivity index (χ2n) is 4.71. The summed E-state index contributed by atoms with van der Waals surface area (Å²) in [5.74, 6) is 0.0152. The fourth-order valence-corrected chi connectivity index (χ4v) is 2.86. The number of ether oxygens (including phenoxy) is 2. The van der Waals surface area contributed by atoms with Gasteiger partial charge >= 0.3 is 0 Å². The molecule has 1 aliphatic rings. The Morgan fingerprint density at radius 3 is 3.16 bits per heavy atom. The van der Waals surface area contributed by atoms with Crippen LogP contribution in [0, 0.1) is 6.92 Å². The number of hydrogen-bond donors (Lipinski definition) is 1. The zero-order chi connectivity index (χ0) is 13.5. The minimum Gasteiger partial charge on any atom is -0.353 e. The molecule has 2 heterocycles. The fourth-order valence-electron chi connectivity index (χ4n) is 2.02. The first kappa shape index (κ1) is 14.5. The molecule has 0 aliphatic carbocycles. The summed E-state index contributed by atoms with van der Waals surface area (Å²) >= 11 is 1.48. The van der Waals surface area contributed by atoms with Gasteiger partial charge in [-0.1, -0.05) is 0 Å². The highest BCUT2D eigenvalue weighted by Gasteiger charge is 2.13. The first-order chi connectivity index (χ1) is 9.27. The van der Waals surface area contributed by atoms with Crippen LogP contribution in [0.5, 0.6) is 0 Å². The highest BCUT2D eigenvalue weighted by Crippen LogP contribution is 2.15. The molecule has 0 aromatic carbocycles. The molecule has 1 aromatic heterocycles. The van der Waals surface area contributed by atoms with Crippen molar-refractivity contribution >= 4 is 17.2 Å². The van der Waals surface area contributed by atoms with Gasteiger partial charge in [-0.25, -0.2) is 0 Å². The van der Waals surface area contributed by atoms with Crippen molar-refractivity contribution in [1.82, 2.24) is 5.32 Å². The van der Waals surface area contributed by atoms with E-state index in [4.69, 9.17) is 9.47 Å². The van der Waals surface area contributed by atoms with Gasteiger partial charge in [0.2, 0.25) is 0 Å². The van der Waals surface area contributed by atoms with Crippen LogP contribution < -0.4 is 5.32 Å². The van der Waals surface area contributed by atoms with Gasteiger partial charge in [-0.3, -0.25) is 4.79 Å². The van der Waals surface area contributed by atoms with E-state index >= 15 is 0 Å². The molecule has 5 heteroatoms. The molecule has 1 unspecified atom stereocenters. The van der Waals surface area contributed by atoms with E-state index in [1.165, 1.54) is 17.8 Å². The maximum Gasteiger partial charge on any atom is 0.261 e. The van der Waals surface area contributed by atoms with Crippen LogP contribution in [0.25, 0.3) is 0 Å². The van der Waals surface area contributed by atoms with Crippen molar-refractivity contribution in [2.45, 2.75) is 38.9 Å². The van der Waals surface area contributed by atoms with Crippen molar-refractivity contribution in [2.75, 3.05) is 19.8 Å². The Balaban J connectivity index is 1.56. The van der Waals surface area contributed by atoms with Gasteiger partial charge < -0.3 is 14.8 Å². The van der Waals surface area contributed by atoms with Crippen LogP contribution in [0.2, 0.25) is 0 Å². The summed E-state index contributed by atoms with van der Waals surface area (Å²) in [5, 5.41) is 4.85. The number of thiophene rings is 1. The largest absolute Gasteiger partial charge is 0.353 e. The Morgan fingerprint density at radius 2 is 2.47 bits per heavy atom. The van der Waals surface area contributed by atoms with Crippen molar-refractivity contribution in [3.8, 4) is 0 Å². The molecule has 2 rings (SSSR count). The molecule has 0 bridgehead atoms. The minimum atomic E-state index is -0.0380. The molecule has 0 spiro atoms. The molecule has 4 nitrogen and oxygen atoms in total. The number of carbonyl (C=O) groups is 1. The smallest absolute Gasteiger partial charge is 0.261 e. The topological polar surface area (TPSA) is 47.6 Å². The summed E-state index contributed by atoms with van der Waals surface area (Å²) in [6.45, 7) is 4.03. The standard InChI is InChI=1S/C14H21NO3S/c1-11-6-10-19-13(11)14(16)15-7-4-9-18-12-5-2-3-8-17-12/h6,10,12H,2-5,7-9H2,1H3,(H,15,16). The monoisotopic (exact) mass is 283 g/mol. The molecular formula is C14H21NO3S. The van der Waals surface area contributed by atoms with Crippen molar-refractivity contribution in [3.63, 3.8) is 0 Å². The van der Waals surface area contributed by atoms with E-state index in [2.05, 4.69) is 5.32 Å². The highest BCUT2D eigenvalue weighted by atomic mass is 32.1. The van der Waals surface area contributed by atoms with Crippen LogP contribution >= 0.6 is 11.3 Å². The van der Waals surface area contributed by atoms with Crippen LogP contribution in [0.15, 0.2) is 11.4 Å². The van der Waals surface area contributed by atoms with Gasteiger partial charge in [0.25, 0.3) is 5.91 Å². The highest BCUT2D eigenvalue weighted by molar-refractivity contribution is 7.12. The lowest BCUT2D eigenvalue weighted by Gasteiger charge is -2.22. The number of hydrogen-bond acceptors (Lipinski definition) is 4. The van der Waals surface area contributed by atoms with Gasteiger partial charge in [-0.05, 0) is 49.6 Å². The Hall–Kier alpha value is -0.910. The van der Waals surface area contributed by atoms with Gasteiger partial charge in [0, 0.05) is 13.2 Å². The third kappa shape index (κ3) is 4.60. The number of amides is 1. The molecule has 0 radical (unpaired) electrons. The summed E-state index contributed by atoms with van der Waals surface area (Å²) in [6, 6.07) is 1.96. The number of rotatable bonds is 6. The Morgan fingerprint density at radius 1 is 1.58 bits per heavy atom. The summed E-state index contributed by atoms with van der Waals surface area (Å²) in [7, 11) is 0. The summed E-state index contributed by atoms with van der Waals surface area (Å²) in [4.78, 5) is 12.6. The Bertz CT molecular complexity index is 399. The molecule has 1 atom stereocenters. The average Bonchev–Trinajstić information content (AvgIpc) is 2.86. The molecule has 1 aromatic rings. The first-order valence-corrected chi connectivity index (χ1v) is 7.71. The zero-order valence-corrected chi connectivity index (χ0v) is 12.1. The average molecular weight is 283 g/mol. The molecule has 1 saturated heterocycles. The van der Waals surface area contributed by atoms with Crippen LogP contribution in [0.4, 0.5) is 0 Å². The van der Waals surface area contributed by atoms with Crippen LogP contribution in [0.3, 0.4) is 0 Å². The second-order valence-corrected chi connectivity index (χ2v) is 5.63. The lowest BCUT2D eigenvalue weighted by molar-refractivity contribution is -0.162. The molecule has 1 aliphatic heterocycles. The second kappa shape index (κ2) is 7.62. The predicted octanol–water partition coefficient (Wildman–Crippen LogP) is 2.72. The van der Waals surface area contributed by atoms with Crippen LogP contribution in [-0.4, -0.2) is 32.0 Å². The fraction of sp³-hybridized carbons (Fsp3) is 0.643. The molecule has 1 fully saturated rings. The lowest BCUT2D eigenvalue weighted by Crippen LogP contribution is -2.27. The van der Waals surface area contributed by atoms with Gasteiger partial charge in [-0.15, -0.1) is 11.3 Å². The third-order valence-electron chi connectivity index (χ3n) is 3.12. The van der Waals surface area contributed by atoms with Gasteiger partial charge in [-0.2, -0.15) is 0 Å². The molecule has 19 heavy (non-hydrogen) atoms. The minimum absolute atomic E-state index is 0.0152. The number of nitrogens with one attached hydrogen (secondary N) is 1. The van der Waals surface area contributed by atoms with E-state index in [9.17, 15) is 4.79 Å². The SMILES string of the molecule is Cc1ccsc1C(=O)NCCCOC1CCCCO1. The quantitative estimate of drug-likeness (QED) is 0.817. The van der Waals surface area contributed by atoms with Crippen LogP contribution in [-0.2, 0) is 9.47 Å². The van der Waals surface area contributed by atoms with E-state index in [1.807, 2.05) is 18.4 Å². The Labute approximate surface area is 118 Å². The van der Waals surface area contributed by atoms with E-state index in [1.54, 1.807) is 0 Å². The van der Waals surface area contributed by atoms with E-state index in [0.717, 1.165) is 36.3 Å². The summed E-state index contributed by atoms with van der Waals surface area (Å²) < 4.78 is 11.1. The van der Waals surface area contributed by atoms with Gasteiger partial charge in [0.1, 0.15) is 0 Å². The summed E-state index contributed by atoms with van der Waals surface area (Å²) in [6.07, 6.45) is 4.08. The first-order valence-electron chi connectivity index (χ1n) is 6.83. The van der Waals surface area contributed by atoms with Gasteiger partial charge in [0.05, 0.1) is 11.5 Å². The van der Waals surface area contributed by atoms with Crippen molar-refractivity contribution in [2.24, 2.45) is 0 Å². The molecular weight excluding hydrogens is 262 g/mol. The van der Waals surface area contributed by atoms with E-state index in [0.29, 0.717) is 13.2 Å². The van der Waals surface area contributed by atoms with Crippen molar-refractivity contribution in [3.05, 3.63) is 21.9 Å². The molecule has 0 saturated carbocycles.